The summed E-state index contributed by atoms with van der Waals surface area (Å²) in [4.78, 5) is 31.2. The number of Topliss-reactive ketones (excluding diaryl/α,β-unsaturated/α-hetero) is 1. The van der Waals surface area contributed by atoms with Gasteiger partial charge in [-0.3, -0.25) is 9.59 Å². The summed E-state index contributed by atoms with van der Waals surface area (Å²) in [5.74, 6) is 1.37. The Hall–Kier alpha value is -2.54. The largest absolute Gasteiger partial charge is 0.490 e. The molecular formula is C27H38N2O5. The summed E-state index contributed by atoms with van der Waals surface area (Å²) in [6.45, 7) is 6.51. The number of fused-ring (bicyclic) bond motifs is 1. The van der Waals surface area contributed by atoms with Crippen LogP contribution >= 0.6 is 0 Å². The van der Waals surface area contributed by atoms with Crippen LogP contribution in [0.4, 0.5) is 0 Å². The number of benzene rings is 1. The van der Waals surface area contributed by atoms with Crippen LogP contribution in [0.2, 0.25) is 0 Å². The molecule has 7 heteroatoms. The molecule has 1 fully saturated rings. The summed E-state index contributed by atoms with van der Waals surface area (Å²) in [5.41, 5.74) is 1.39. The Labute approximate surface area is 203 Å². The second kappa shape index (κ2) is 10.8. The van der Waals surface area contributed by atoms with Crippen molar-refractivity contribution in [2.75, 3.05) is 40.4 Å². The highest BCUT2D eigenvalue weighted by Crippen LogP contribution is 2.47. The normalized spacial score (nSPS) is 24.3. The Balaban J connectivity index is 1.72. The average Bonchev–Trinajstić information content (AvgIpc) is 3.10. The molecule has 3 unspecified atom stereocenters. The molecular weight excluding hydrogens is 432 g/mol. The number of carbonyl (C=O) groups is 2. The number of hydrogen-bond donors (Lipinski definition) is 0. The fourth-order valence-corrected chi connectivity index (χ4v) is 5.32. The topological polar surface area (TPSA) is 68.3 Å². The van der Waals surface area contributed by atoms with Gasteiger partial charge in [-0.15, -0.1) is 0 Å². The summed E-state index contributed by atoms with van der Waals surface area (Å²) in [6.07, 6.45) is 5.27. The predicted octanol–water partition coefficient (Wildman–Crippen LogP) is 4.12. The van der Waals surface area contributed by atoms with Crippen LogP contribution in [0.3, 0.4) is 0 Å². The van der Waals surface area contributed by atoms with E-state index in [-0.39, 0.29) is 29.5 Å². The molecule has 4 rings (SSSR count). The highest BCUT2D eigenvalue weighted by molar-refractivity contribution is 6.11. The van der Waals surface area contributed by atoms with E-state index in [0.29, 0.717) is 36.8 Å². The van der Waals surface area contributed by atoms with Gasteiger partial charge in [0.1, 0.15) is 6.10 Å². The number of nitrogens with zero attached hydrogens (tertiary/aromatic N) is 2. The highest BCUT2D eigenvalue weighted by atomic mass is 16.5. The van der Waals surface area contributed by atoms with Gasteiger partial charge >= 0.3 is 0 Å². The average molecular weight is 471 g/mol. The van der Waals surface area contributed by atoms with Gasteiger partial charge in [0.15, 0.2) is 23.0 Å². The third-order valence-electron chi connectivity index (χ3n) is 6.91. The van der Waals surface area contributed by atoms with Crippen LogP contribution in [0.15, 0.2) is 29.5 Å². The zero-order valence-corrected chi connectivity index (χ0v) is 21.0. The van der Waals surface area contributed by atoms with Crippen molar-refractivity contribution in [3.8, 4) is 11.5 Å². The molecule has 3 aliphatic rings. The SMILES string of the molecule is CCCOc1ccc(C2C3=C(OC4CCCCC4C3=O)C(=O)N2CCCN(C)C)cc1OCC. The smallest absolute Gasteiger partial charge is 0.290 e. The zero-order chi connectivity index (χ0) is 24.2. The minimum atomic E-state index is -0.459. The molecule has 0 spiro atoms. The van der Waals surface area contributed by atoms with Gasteiger partial charge in [-0.1, -0.05) is 19.4 Å². The van der Waals surface area contributed by atoms with Gasteiger partial charge in [-0.05, 0) is 77.4 Å². The second-order valence-electron chi connectivity index (χ2n) is 9.70. The summed E-state index contributed by atoms with van der Waals surface area (Å²) in [7, 11) is 4.04. The number of ketones is 1. The third kappa shape index (κ3) is 4.81. The standard InChI is InChI=1S/C27H38N2O5/c1-5-16-33-21-13-12-18(17-22(21)32-6-2)24-23-25(30)19-10-7-8-11-20(19)34-26(23)27(31)29(24)15-9-14-28(3)4/h12-13,17,19-20,24H,5-11,14-16H2,1-4H3. The van der Waals surface area contributed by atoms with Crippen molar-refractivity contribution in [2.45, 2.75) is 64.5 Å². The molecule has 1 aromatic carbocycles. The first-order valence-corrected chi connectivity index (χ1v) is 12.8. The van der Waals surface area contributed by atoms with Gasteiger partial charge in [0.05, 0.1) is 30.7 Å². The highest BCUT2D eigenvalue weighted by Gasteiger charge is 2.51. The van der Waals surface area contributed by atoms with Gasteiger partial charge in [-0.25, -0.2) is 0 Å². The lowest BCUT2D eigenvalue weighted by Gasteiger charge is -2.35. The summed E-state index contributed by atoms with van der Waals surface area (Å²) >= 11 is 0. The zero-order valence-electron chi connectivity index (χ0n) is 21.0. The number of ether oxygens (including phenoxy) is 3. The van der Waals surface area contributed by atoms with E-state index in [4.69, 9.17) is 14.2 Å². The van der Waals surface area contributed by atoms with E-state index < -0.39 is 6.04 Å². The predicted molar refractivity (Wildman–Crippen MR) is 130 cm³/mol. The van der Waals surface area contributed by atoms with Crippen molar-refractivity contribution in [1.29, 1.82) is 0 Å². The van der Waals surface area contributed by atoms with Crippen molar-refractivity contribution in [3.05, 3.63) is 35.1 Å². The van der Waals surface area contributed by atoms with Crippen molar-refractivity contribution < 1.29 is 23.8 Å². The molecule has 0 N–H and O–H groups in total. The first-order valence-electron chi connectivity index (χ1n) is 12.8. The van der Waals surface area contributed by atoms with Gasteiger partial charge in [-0.2, -0.15) is 0 Å². The molecule has 0 radical (unpaired) electrons. The number of amides is 1. The molecule has 0 aromatic heterocycles. The fourth-order valence-electron chi connectivity index (χ4n) is 5.32. The molecule has 1 aromatic rings. The van der Waals surface area contributed by atoms with E-state index in [2.05, 4.69) is 11.8 Å². The van der Waals surface area contributed by atoms with Crippen molar-refractivity contribution in [3.63, 3.8) is 0 Å². The number of carbonyl (C=O) groups excluding carboxylic acids is 2. The van der Waals surface area contributed by atoms with Crippen molar-refractivity contribution >= 4 is 11.7 Å². The van der Waals surface area contributed by atoms with Crippen LogP contribution in [-0.4, -0.2) is 68.0 Å². The van der Waals surface area contributed by atoms with Gasteiger partial charge in [0, 0.05) is 6.54 Å². The fraction of sp³-hybridized carbons (Fsp3) is 0.630. The molecule has 1 saturated carbocycles. The molecule has 3 atom stereocenters. The first kappa shape index (κ1) is 24.6. The molecule has 186 valence electrons. The van der Waals surface area contributed by atoms with Crippen LogP contribution in [0.1, 0.15) is 64.0 Å². The lowest BCUT2D eigenvalue weighted by molar-refractivity contribution is -0.135. The number of hydrogen-bond acceptors (Lipinski definition) is 6. The van der Waals surface area contributed by atoms with E-state index in [1.807, 2.05) is 44.1 Å². The molecule has 34 heavy (non-hydrogen) atoms. The van der Waals surface area contributed by atoms with Crippen LogP contribution < -0.4 is 9.47 Å². The summed E-state index contributed by atoms with van der Waals surface area (Å²) < 4.78 is 18.0. The lowest BCUT2D eigenvalue weighted by atomic mass is 9.77. The Bertz CT molecular complexity index is 941. The van der Waals surface area contributed by atoms with Gasteiger partial charge in [0.2, 0.25) is 0 Å². The molecule has 0 bridgehead atoms. The molecule has 2 heterocycles. The summed E-state index contributed by atoms with van der Waals surface area (Å²) in [5, 5.41) is 0. The first-order chi connectivity index (χ1) is 16.5. The van der Waals surface area contributed by atoms with E-state index in [1.165, 1.54) is 0 Å². The van der Waals surface area contributed by atoms with E-state index >= 15 is 0 Å². The second-order valence-corrected chi connectivity index (χ2v) is 9.70. The Kier molecular flexibility index (Phi) is 7.81. The van der Waals surface area contributed by atoms with Crippen LogP contribution in [0, 0.1) is 5.92 Å². The van der Waals surface area contributed by atoms with Crippen LogP contribution in [0.25, 0.3) is 0 Å². The minimum absolute atomic E-state index is 0.0867. The van der Waals surface area contributed by atoms with Gasteiger partial charge in [0.25, 0.3) is 5.91 Å². The molecule has 7 nitrogen and oxygen atoms in total. The van der Waals surface area contributed by atoms with Crippen LogP contribution in [-0.2, 0) is 14.3 Å². The third-order valence-corrected chi connectivity index (χ3v) is 6.91. The van der Waals surface area contributed by atoms with Crippen LogP contribution in [0.5, 0.6) is 11.5 Å². The van der Waals surface area contributed by atoms with Gasteiger partial charge < -0.3 is 24.0 Å². The maximum absolute atomic E-state index is 13.7. The van der Waals surface area contributed by atoms with E-state index in [9.17, 15) is 9.59 Å². The van der Waals surface area contributed by atoms with Crippen molar-refractivity contribution in [2.24, 2.45) is 5.92 Å². The molecule has 0 saturated heterocycles. The molecule has 2 aliphatic heterocycles. The quantitative estimate of drug-likeness (QED) is 0.512. The van der Waals surface area contributed by atoms with E-state index in [0.717, 1.165) is 50.6 Å². The Morgan fingerprint density at radius 1 is 1.09 bits per heavy atom. The number of rotatable bonds is 10. The minimum Gasteiger partial charge on any atom is -0.490 e. The van der Waals surface area contributed by atoms with E-state index in [1.54, 1.807) is 0 Å². The summed E-state index contributed by atoms with van der Waals surface area (Å²) in [6, 6.07) is 5.33. The molecule has 1 amide bonds. The monoisotopic (exact) mass is 470 g/mol. The Morgan fingerprint density at radius 3 is 2.62 bits per heavy atom. The Morgan fingerprint density at radius 2 is 1.88 bits per heavy atom. The van der Waals surface area contributed by atoms with Crippen molar-refractivity contribution in [1.82, 2.24) is 9.80 Å². The molecule has 1 aliphatic carbocycles. The maximum atomic E-state index is 13.7. The maximum Gasteiger partial charge on any atom is 0.290 e. The lowest BCUT2D eigenvalue weighted by Crippen LogP contribution is -2.39.